The summed E-state index contributed by atoms with van der Waals surface area (Å²) in [6, 6.07) is 9.94. The zero-order valence-corrected chi connectivity index (χ0v) is 30.9. The van der Waals surface area contributed by atoms with Crippen LogP contribution < -0.4 is 21.7 Å². The van der Waals surface area contributed by atoms with Crippen molar-refractivity contribution in [2.24, 2.45) is 11.8 Å². The highest BCUT2D eigenvalue weighted by Gasteiger charge is 2.28. The molecule has 278 valence electrons. The van der Waals surface area contributed by atoms with E-state index >= 15 is 0 Å². The number of aromatic hydroxyl groups is 2. The second-order valence-electron chi connectivity index (χ2n) is 13.5. The highest BCUT2D eigenvalue weighted by atomic mass is 16.3. The molecule has 0 aliphatic heterocycles. The number of benzene rings is 2. The molecule has 2 unspecified atom stereocenters. The van der Waals surface area contributed by atoms with Crippen molar-refractivity contribution in [2.45, 2.75) is 143 Å². The molecule has 4 amide bonds. The molecule has 0 radical (unpaired) electrons. The van der Waals surface area contributed by atoms with Crippen LogP contribution in [0.25, 0.3) is 0 Å². The number of hydrogen-bond donors (Lipinski definition) is 6. The number of carbonyl (C=O) groups is 4. The minimum atomic E-state index is -0.620. The summed E-state index contributed by atoms with van der Waals surface area (Å²) < 4.78 is 0. The second-order valence-corrected chi connectivity index (χ2v) is 13.5. The van der Waals surface area contributed by atoms with E-state index in [-0.39, 0.29) is 29.0 Å². The number of phenols is 2. The summed E-state index contributed by atoms with van der Waals surface area (Å²) in [6.07, 6.45) is 16.3. The smallest absolute Gasteiger partial charge is 0.273 e. The SMILES string of the molecule is CCCCCCCc1ccc(O)c(C(=O)NNC(=O)C(CCC)CC(CCCC)C(=O)NNC(=O)c2cc(CCCCCCC)ccc2O)c1. The third-order valence-electron chi connectivity index (χ3n) is 9.20. The Hall–Kier alpha value is -4.08. The zero-order chi connectivity index (χ0) is 36.7. The van der Waals surface area contributed by atoms with E-state index in [9.17, 15) is 29.4 Å². The molecule has 50 heavy (non-hydrogen) atoms. The van der Waals surface area contributed by atoms with Gasteiger partial charge in [-0.3, -0.25) is 40.9 Å². The fourth-order valence-corrected chi connectivity index (χ4v) is 6.14. The van der Waals surface area contributed by atoms with Gasteiger partial charge in [-0.15, -0.1) is 0 Å². The Balaban J connectivity index is 2.00. The Bertz CT molecular complexity index is 1350. The van der Waals surface area contributed by atoms with Crippen LogP contribution in [0.4, 0.5) is 0 Å². The molecule has 10 heteroatoms. The van der Waals surface area contributed by atoms with Crippen molar-refractivity contribution in [1.82, 2.24) is 21.7 Å². The van der Waals surface area contributed by atoms with E-state index in [4.69, 9.17) is 0 Å². The van der Waals surface area contributed by atoms with Gasteiger partial charge in [-0.1, -0.05) is 110 Å². The Morgan fingerprint density at radius 2 is 0.940 bits per heavy atom. The van der Waals surface area contributed by atoms with E-state index < -0.39 is 35.5 Å². The lowest BCUT2D eigenvalue weighted by Gasteiger charge is -2.23. The summed E-state index contributed by atoms with van der Waals surface area (Å²) in [4.78, 5) is 52.6. The van der Waals surface area contributed by atoms with E-state index in [0.29, 0.717) is 19.3 Å². The quantitative estimate of drug-likeness (QED) is 0.0512. The standard InChI is InChI=1S/C40H62N4O6/c1-5-9-12-14-16-19-29-22-24-35(45)33(26-29)39(49)43-41-37(47)31(18-8-4)28-32(21-11-7-3)38(48)42-44-40(50)34-27-30(23-25-36(34)46)20-17-15-13-10-6-2/h22-27,31-32,45-46H,5-21,28H2,1-4H3,(H,41,47)(H,42,48)(H,43,49)(H,44,50). The Morgan fingerprint density at radius 3 is 1.36 bits per heavy atom. The number of hydrogen-bond acceptors (Lipinski definition) is 6. The second kappa shape index (κ2) is 24.1. The average molecular weight is 695 g/mol. The van der Waals surface area contributed by atoms with Crippen LogP contribution in [0, 0.1) is 11.8 Å². The Kier molecular flexibility index (Phi) is 20.3. The number of unbranched alkanes of at least 4 members (excludes halogenated alkanes) is 9. The minimum Gasteiger partial charge on any atom is -0.507 e. The molecule has 6 N–H and O–H groups in total. The van der Waals surface area contributed by atoms with Gasteiger partial charge in [-0.2, -0.15) is 0 Å². The first-order chi connectivity index (χ1) is 24.1. The molecule has 2 rings (SSSR count). The first kappa shape index (κ1) is 42.1. The van der Waals surface area contributed by atoms with Gasteiger partial charge in [0, 0.05) is 11.8 Å². The molecular formula is C40H62N4O6. The third-order valence-corrected chi connectivity index (χ3v) is 9.20. The minimum absolute atomic E-state index is 0.0860. The lowest BCUT2D eigenvalue weighted by molar-refractivity contribution is -0.129. The number of phenolic OH excluding ortho intramolecular Hbond substituents is 2. The van der Waals surface area contributed by atoms with Gasteiger partial charge in [0.25, 0.3) is 11.8 Å². The van der Waals surface area contributed by atoms with Crippen LogP contribution in [0.1, 0.15) is 162 Å². The van der Waals surface area contributed by atoms with Gasteiger partial charge in [0.05, 0.1) is 11.1 Å². The first-order valence-electron chi connectivity index (χ1n) is 19.0. The molecule has 0 aromatic heterocycles. The van der Waals surface area contributed by atoms with E-state index in [1.54, 1.807) is 12.1 Å². The molecule has 0 saturated heterocycles. The van der Waals surface area contributed by atoms with Gasteiger partial charge in [0.1, 0.15) is 11.5 Å². The number of rotatable bonds is 23. The predicted octanol–water partition coefficient (Wildman–Crippen LogP) is 7.96. The predicted molar refractivity (Wildman–Crippen MR) is 198 cm³/mol. The Morgan fingerprint density at radius 1 is 0.520 bits per heavy atom. The van der Waals surface area contributed by atoms with E-state index in [1.165, 1.54) is 50.7 Å². The Labute approximate surface area is 299 Å². The summed E-state index contributed by atoms with van der Waals surface area (Å²) in [6.45, 7) is 8.29. The molecule has 0 bridgehead atoms. The average Bonchev–Trinajstić information content (AvgIpc) is 3.11. The number of carbonyl (C=O) groups excluding carboxylic acids is 4. The molecule has 2 aromatic rings. The first-order valence-corrected chi connectivity index (χ1v) is 19.0. The van der Waals surface area contributed by atoms with Crippen LogP contribution in [0.2, 0.25) is 0 Å². The molecule has 0 aliphatic rings. The molecule has 0 spiro atoms. The van der Waals surface area contributed by atoms with Crippen molar-refractivity contribution in [2.75, 3.05) is 0 Å². The van der Waals surface area contributed by atoms with Gasteiger partial charge in [-0.25, -0.2) is 0 Å². The van der Waals surface area contributed by atoms with Crippen LogP contribution in [-0.2, 0) is 22.4 Å². The van der Waals surface area contributed by atoms with Gasteiger partial charge >= 0.3 is 0 Å². The molecule has 0 aliphatic carbocycles. The van der Waals surface area contributed by atoms with E-state index in [0.717, 1.165) is 62.5 Å². The molecule has 0 fully saturated rings. The van der Waals surface area contributed by atoms with Crippen molar-refractivity contribution in [3.8, 4) is 11.5 Å². The van der Waals surface area contributed by atoms with Gasteiger partial charge < -0.3 is 10.2 Å². The third kappa shape index (κ3) is 15.2. The molecule has 0 saturated carbocycles. The van der Waals surface area contributed by atoms with Crippen molar-refractivity contribution >= 4 is 23.6 Å². The van der Waals surface area contributed by atoms with Crippen molar-refractivity contribution in [1.29, 1.82) is 0 Å². The summed E-state index contributed by atoms with van der Waals surface area (Å²) in [7, 11) is 0. The van der Waals surface area contributed by atoms with Crippen LogP contribution >= 0.6 is 0 Å². The van der Waals surface area contributed by atoms with Crippen LogP contribution in [0.5, 0.6) is 11.5 Å². The lowest BCUT2D eigenvalue weighted by atomic mass is 9.87. The van der Waals surface area contributed by atoms with Crippen LogP contribution in [0.15, 0.2) is 36.4 Å². The van der Waals surface area contributed by atoms with Crippen LogP contribution in [-0.4, -0.2) is 33.8 Å². The fraction of sp³-hybridized carbons (Fsp3) is 0.600. The zero-order valence-electron chi connectivity index (χ0n) is 30.9. The number of amides is 4. The van der Waals surface area contributed by atoms with Gasteiger partial charge in [-0.05, 0) is 80.3 Å². The topological polar surface area (TPSA) is 157 Å². The summed E-state index contributed by atoms with van der Waals surface area (Å²) in [5.74, 6) is -3.58. The highest BCUT2D eigenvalue weighted by molar-refractivity contribution is 5.99. The van der Waals surface area contributed by atoms with E-state index in [1.807, 2.05) is 26.0 Å². The number of hydrazine groups is 2. The fourth-order valence-electron chi connectivity index (χ4n) is 6.14. The number of aryl methyl sites for hydroxylation is 2. The maximum Gasteiger partial charge on any atom is 0.273 e. The molecule has 0 heterocycles. The van der Waals surface area contributed by atoms with Crippen molar-refractivity contribution in [3.05, 3.63) is 58.7 Å². The lowest BCUT2D eigenvalue weighted by Crippen LogP contribution is -2.47. The molecular weight excluding hydrogens is 632 g/mol. The largest absolute Gasteiger partial charge is 0.507 e. The summed E-state index contributed by atoms with van der Waals surface area (Å²) in [5, 5.41) is 20.7. The number of nitrogens with one attached hydrogen (secondary N) is 4. The monoisotopic (exact) mass is 694 g/mol. The van der Waals surface area contributed by atoms with Crippen molar-refractivity contribution in [3.63, 3.8) is 0 Å². The maximum absolute atomic E-state index is 13.4. The summed E-state index contributed by atoms with van der Waals surface area (Å²) in [5.41, 5.74) is 12.0. The molecule has 2 atom stereocenters. The normalized spacial score (nSPS) is 12.2. The van der Waals surface area contributed by atoms with Gasteiger partial charge in [0.2, 0.25) is 11.8 Å². The molecule has 10 nitrogen and oxygen atoms in total. The van der Waals surface area contributed by atoms with Gasteiger partial charge in [0.15, 0.2) is 0 Å². The van der Waals surface area contributed by atoms with E-state index in [2.05, 4.69) is 35.6 Å². The maximum atomic E-state index is 13.4. The highest BCUT2D eigenvalue weighted by Crippen LogP contribution is 2.24. The van der Waals surface area contributed by atoms with Crippen molar-refractivity contribution < 1.29 is 29.4 Å². The van der Waals surface area contributed by atoms with Crippen LogP contribution in [0.3, 0.4) is 0 Å². The molecule has 2 aromatic carbocycles. The summed E-state index contributed by atoms with van der Waals surface area (Å²) >= 11 is 0.